The quantitative estimate of drug-likeness (QED) is 0.670. The van der Waals surface area contributed by atoms with E-state index in [0.29, 0.717) is 28.2 Å². The summed E-state index contributed by atoms with van der Waals surface area (Å²) in [4.78, 5) is 26.5. The number of rotatable bonds is 3. The lowest BCUT2D eigenvalue weighted by molar-refractivity contribution is 0.0354. The minimum Gasteiger partial charge on any atom is -0.486 e. The van der Waals surface area contributed by atoms with E-state index in [2.05, 4.69) is 5.43 Å². The minimum atomic E-state index is -0.659. The second-order valence-corrected chi connectivity index (χ2v) is 8.93. The van der Waals surface area contributed by atoms with Crippen LogP contribution in [0.2, 0.25) is 0 Å². The van der Waals surface area contributed by atoms with Crippen LogP contribution in [-0.2, 0) is 0 Å². The number of aryl methyl sites for hydroxylation is 2. The third-order valence-electron chi connectivity index (χ3n) is 5.08. The average molecular weight is 457 g/mol. The number of aliphatic hydroxyl groups excluding tert-OH is 1. The van der Waals surface area contributed by atoms with E-state index in [0.717, 1.165) is 11.1 Å². The van der Waals surface area contributed by atoms with Gasteiger partial charge in [0, 0.05) is 16.7 Å². The van der Waals surface area contributed by atoms with Crippen LogP contribution in [0.3, 0.4) is 0 Å². The highest BCUT2D eigenvalue weighted by Crippen LogP contribution is 2.37. The number of amides is 2. The lowest BCUT2D eigenvalue weighted by Crippen LogP contribution is -2.56. The minimum absolute atomic E-state index is 0.183. The van der Waals surface area contributed by atoms with Gasteiger partial charge in [-0.25, -0.2) is 5.01 Å². The number of hydrogen-bond acceptors (Lipinski definition) is 5. The smallest absolute Gasteiger partial charge is 0.272 e. The molecule has 0 radical (unpaired) electrons. The molecule has 1 atom stereocenters. The molecule has 180 valence electrons. The largest absolute Gasteiger partial charge is 0.486 e. The number of carbonyl (C=O) groups excluding carboxylic acids is 2. The molecule has 1 heterocycles. The van der Waals surface area contributed by atoms with Gasteiger partial charge in [0.2, 0.25) is 0 Å². The Morgan fingerprint density at radius 1 is 1.09 bits per heavy atom. The van der Waals surface area contributed by atoms with Gasteiger partial charge in [-0.3, -0.25) is 15.0 Å². The highest BCUT2D eigenvalue weighted by Gasteiger charge is 2.31. The summed E-state index contributed by atoms with van der Waals surface area (Å²) in [5.41, 5.74) is 5.54. The fourth-order valence-electron chi connectivity index (χ4n) is 3.56. The normalized spacial score (nSPS) is 14.6. The van der Waals surface area contributed by atoms with Crippen molar-refractivity contribution in [1.29, 1.82) is 0 Å². The van der Waals surface area contributed by atoms with Gasteiger partial charge in [-0.1, -0.05) is 31.0 Å². The Hall–Kier alpha value is -3.06. The third-order valence-corrected chi connectivity index (χ3v) is 5.08. The monoisotopic (exact) mass is 456 g/mol. The second-order valence-electron chi connectivity index (χ2n) is 8.93. The maximum Gasteiger partial charge on any atom is 0.272 e. The molecule has 0 aromatic heterocycles. The maximum absolute atomic E-state index is 13.3. The van der Waals surface area contributed by atoms with Crippen molar-refractivity contribution in [2.24, 2.45) is 0 Å². The standard InChI is InChI=1S/C24H30N2O5.C2H6/c1-14-9-15(2)11-17(10-14)23(29)26(24(4,5)6)25-22(28)19-7-8-20-21(16(19)3)31-18(12-27)13-30-20;1-2/h7-11,18,27H,12-13H2,1-6H3,(H,25,28);1-2H3/t18-;/m0./s1. The van der Waals surface area contributed by atoms with Crippen LogP contribution >= 0.6 is 0 Å². The zero-order valence-electron chi connectivity index (χ0n) is 20.9. The highest BCUT2D eigenvalue weighted by molar-refractivity contribution is 6.00. The molecule has 2 amide bonds. The van der Waals surface area contributed by atoms with Crippen molar-refractivity contribution in [3.63, 3.8) is 0 Å². The topological polar surface area (TPSA) is 88.1 Å². The van der Waals surface area contributed by atoms with E-state index in [-0.39, 0.29) is 19.1 Å². The van der Waals surface area contributed by atoms with Gasteiger partial charge in [-0.15, -0.1) is 0 Å². The van der Waals surface area contributed by atoms with Gasteiger partial charge >= 0.3 is 0 Å². The molecule has 0 saturated carbocycles. The molecule has 1 aliphatic rings. The Labute approximate surface area is 196 Å². The molecule has 0 fully saturated rings. The van der Waals surface area contributed by atoms with Gasteiger partial charge in [-0.05, 0) is 65.8 Å². The molecule has 0 unspecified atom stereocenters. The first-order valence-electron chi connectivity index (χ1n) is 11.3. The summed E-state index contributed by atoms with van der Waals surface area (Å²) in [6.45, 7) is 15.3. The Balaban J connectivity index is 0.00000187. The van der Waals surface area contributed by atoms with E-state index >= 15 is 0 Å². The van der Waals surface area contributed by atoms with E-state index in [1.807, 2.05) is 66.7 Å². The molecule has 2 aromatic carbocycles. The molecule has 0 aliphatic carbocycles. The van der Waals surface area contributed by atoms with Crippen LogP contribution in [0.25, 0.3) is 0 Å². The number of carbonyl (C=O) groups is 2. The van der Waals surface area contributed by atoms with Gasteiger partial charge in [0.25, 0.3) is 11.8 Å². The van der Waals surface area contributed by atoms with Gasteiger partial charge in [-0.2, -0.15) is 0 Å². The molecule has 3 rings (SSSR count). The molecular weight excluding hydrogens is 420 g/mol. The van der Waals surface area contributed by atoms with E-state index in [1.165, 1.54) is 5.01 Å². The summed E-state index contributed by atoms with van der Waals surface area (Å²) < 4.78 is 11.4. The number of hydrogen-bond donors (Lipinski definition) is 2. The number of aliphatic hydroxyl groups is 1. The second kappa shape index (κ2) is 10.7. The molecular formula is C26H36N2O5. The van der Waals surface area contributed by atoms with Crippen LogP contribution in [0.15, 0.2) is 30.3 Å². The third kappa shape index (κ3) is 6.05. The SMILES string of the molecule is CC.Cc1cc(C)cc(C(=O)N(NC(=O)c2ccc3c(c2C)O[C@@H](CO)CO3)C(C)(C)C)c1. The summed E-state index contributed by atoms with van der Waals surface area (Å²) in [6, 6.07) is 8.93. The lowest BCUT2D eigenvalue weighted by atomic mass is 10.0. The van der Waals surface area contributed by atoms with Crippen LogP contribution in [0.4, 0.5) is 0 Å². The number of hydrazine groups is 1. The Morgan fingerprint density at radius 3 is 2.24 bits per heavy atom. The summed E-state index contributed by atoms with van der Waals surface area (Å²) >= 11 is 0. The molecule has 7 nitrogen and oxygen atoms in total. The van der Waals surface area contributed by atoms with Crippen LogP contribution in [-0.4, -0.2) is 46.8 Å². The van der Waals surface area contributed by atoms with Gasteiger partial charge < -0.3 is 14.6 Å². The predicted octanol–water partition coefficient (Wildman–Crippen LogP) is 4.36. The number of nitrogens with zero attached hydrogens (tertiary/aromatic N) is 1. The van der Waals surface area contributed by atoms with Crippen molar-refractivity contribution in [2.45, 2.75) is 67.0 Å². The first-order valence-corrected chi connectivity index (χ1v) is 11.3. The van der Waals surface area contributed by atoms with Gasteiger partial charge in [0.15, 0.2) is 17.6 Å². The first kappa shape index (κ1) is 26.2. The summed E-state index contributed by atoms with van der Waals surface area (Å²) in [7, 11) is 0. The zero-order valence-corrected chi connectivity index (χ0v) is 20.9. The Kier molecular flexibility index (Phi) is 8.50. The molecule has 2 N–H and O–H groups in total. The van der Waals surface area contributed by atoms with E-state index in [1.54, 1.807) is 19.1 Å². The summed E-state index contributed by atoms with van der Waals surface area (Å²) in [6.07, 6.45) is -0.485. The average Bonchev–Trinajstić information content (AvgIpc) is 2.77. The maximum atomic E-state index is 13.3. The van der Waals surface area contributed by atoms with Crippen LogP contribution in [0.5, 0.6) is 11.5 Å². The van der Waals surface area contributed by atoms with Gasteiger partial charge in [0.05, 0.1) is 12.1 Å². The molecule has 1 aliphatic heterocycles. The van der Waals surface area contributed by atoms with Gasteiger partial charge in [0.1, 0.15) is 6.61 Å². The zero-order chi connectivity index (χ0) is 24.9. The molecule has 0 bridgehead atoms. The van der Waals surface area contributed by atoms with Crippen LogP contribution in [0.1, 0.15) is 72.0 Å². The number of benzene rings is 2. The number of ether oxygens (including phenoxy) is 2. The fraction of sp³-hybridized carbons (Fsp3) is 0.462. The lowest BCUT2D eigenvalue weighted by Gasteiger charge is -2.36. The molecule has 2 aromatic rings. The highest BCUT2D eigenvalue weighted by atomic mass is 16.6. The first-order chi connectivity index (χ1) is 15.5. The van der Waals surface area contributed by atoms with Crippen molar-refractivity contribution >= 4 is 11.8 Å². The Bertz CT molecular complexity index is 990. The fourth-order valence-corrected chi connectivity index (χ4v) is 3.56. The molecule has 0 spiro atoms. The summed E-state index contributed by atoms with van der Waals surface area (Å²) in [5.74, 6) is 0.240. The van der Waals surface area contributed by atoms with Crippen molar-refractivity contribution in [3.8, 4) is 11.5 Å². The van der Waals surface area contributed by atoms with Crippen LogP contribution in [0, 0.1) is 20.8 Å². The predicted molar refractivity (Wildman–Crippen MR) is 129 cm³/mol. The molecule has 0 saturated heterocycles. The van der Waals surface area contributed by atoms with Crippen molar-refractivity contribution in [2.75, 3.05) is 13.2 Å². The van der Waals surface area contributed by atoms with Crippen molar-refractivity contribution in [1.82, 2.24) is 10.4 Å². The molecule has 33 heavy (non-hydrogen) atoms. The van der Waals surface area contributed by atoms with E-state index in [4.69, 9.17) is 9.47 Å². The van der Waals surface area contributed by atoms with Crippen molar-refractivity contribution < 1.29 is 24.2 Å². The van der Waals surface area contributed by atoms with Crippen molar-refractivity contribution in [3.05, 3.63) is 58.1 Å². The Morgan fingerprint density at radius 2 is 1.70 bits per heavy atom. The number of fused-ring (bicyclic) bond motifs is 1. The number of nitrogens with one attached hydrogen (secondary N) is 1. The van der Waals surface area contributed by atoms with E-state index < -0.39 is 17.6 Å². The van der Waals surface area contributed by atoms with E-state index in [9.17, 15) is 14.7 Å². The summed E-state index contributed by atoms with van der Waals surface area (Å²) in [5, 5.41) is 10.7. The molecule has 7 heteroatoms. The van der Waals surface area contributed by atoms with Crippen LogP contribution < -0.4 is 14.9 Å².